The van der Waals surface area contributed by atoms with E-state index in [1.165, 1.54) is 0 Å². The number of sulfone groups is 1. The van der Waals surface area contributed by atoms with Crippen molar-refractivity contribution in [1.29, 1.82) is 0 Å². The van der Waals surface area contributed by atoms with Gasteiger partial charge in [0.1, 0.15) is 6.29 Å². The lowest BCUT2D eigenvalue weighted by atomic mass is 9.97. The number of hydrogen-bond donors (Lipinski definition) is 0. The number of benzene rings is 2. The highest BCUT2D eigenvalue weighted by Gasteiger charge is 2.31. The minimum absolute atomic E-state index is 0.108. The fraction of sp³-hybridized carbons (Fsp3) is 0.389. The van der Waals surface area contributed by atoms with Crippen molar-refractivity contribution in [2.24, 2.45) is 5.92 Å². The molecule has 118 valence electrons. The first-order valence-corrected chi connectivity index (χ1v) is 9.04. The minimum Gasteiger partial charge on any atom is -0.303 e. The van der Waals surface area contributed by atoms with Gasteiger partial charge in [-0.1, -0.05) is 42.5 Å². The van der Waals surface area contributed by atoms with Crippen molar-refractivity contribution in [2.45, 2.75) is 31.9 Å². The lowest BCUT2D eigenvalue weighted by Crippen LogP contribution is -2.34. The Balaban J connectivity index is 2.29. The van der Waals surface area contributed by atoms with E-state index in [2.05, 4.69) is 0 Å². The smallest absolute Gasteiger partial charge is 0.155 e. The second-order valence-corrected chi connectivity index (χ2v) is 9.42. The molecular formula is C18H22O3S. The number of aldehydes is 1. The van der Waals surface area contributed by atoms with Gasteiger partial charge in [-0.3, -0.25) is 0 Å². The molecule has 0 aliphatic heterocycles. The Morgan fingerprint density at radius 1 is 1.05 bits per heavy atom. The van der Waals surface area contributed by atoms with E-state index in [4.69, 9.17) is 0 Å². The maximum Gasteiger partial charge on any atom is 0.155 e. The van der Waals surface area contributed by atoms with Gasteiger partial charge in [-0.05, 0) is 43.5 Å². The molecule has 2 aromatic carbocycles. The summed E-state index contributed by atoms with van der Waals surface area (Å²) in [6, 6.07) is 13.9. The van der Waals surface area contributed by atoms with E-state index in [1.54, 1.807) is 20.8 Å². The SMILES string of the molecule is CC(C)(C)S(=O)(=O)CC(C=O)Cc1cccc2ccccc12. The van der Waals surface area contributed by atoms with Crippen LogP contribution in [0.25, 0.3) is 10.8 Å². The topological polar surface area (TPSA) is 51.2 Å². The zero-order chi connectivity index (χ0) is 16.4. The Morgan fingerprint density at radius 3 is 2.32 bits per heavy atom. The number of carbonyl (C=O) groups excluding carboxylic acids is 1. The molecule has 0 heterocycles. The lowest BCUT2D eigenvalue weighted by Gasteiger charge is -2.21. The molecule has 0 N–H and O–H groups in total. The first kappa shape index (κ1) is 16.7. The van der Waals surface area contributed by atoms with Crippen LogP contribution >= 0.6 is 0 Å². The molecule has 0 saturated heterocycles. The highest BCUT2D eigenvalue weighted by molar-refractivity contribution is 7.92. The van der Waals surface area contributed by atoms with E-state index in [-0.39, 0.29) is 5.75 Å². The van der Waals surface area contributed by atoms with E-state index < -0.39 is 20.5 Å². The summed E-state index contributed by atoms with van der Waals surface area (Å²) in [6.45, 7) is 5.01. The zero-order valence-electron chi connectivity index (χ0n) is 13.2. The maximum atomic E-state index is 12.3. The van der Waals surface area contributed by atoms with Gasteiger partial charge in [0.25, 0.3) is 0 Å². The van der Waals surface area contributed by atoms with Gasteiger partial charge in [0.05, 0.1) is 10.5 Å². The fourth-order valence-corrected chi connectivity index (χ4v) is 3.69. The molecule has 0 aliphatic carbocycles. The molecule has 2 aromatic rings. The van der Waals surface area contributed by atoms with Crippen molar-refractivity contribution in [3.8, 4) is 0 Å². The van der Waals surface area contributed by atoms with Crippen LogP contribution in [0, 0.1) is 5.92 Å². The molecule has 22 heavy (non-hydrogen) atoms. The summed E-state index contributed by atoms with van der Waals surface area (Å²) in [5, 5.41) is 2.17. The van der Waals surface area contributed by atoms with Crippen LogP contribution in [0.15, 0.2) is 42.5 Å². The van der Waals surface area contributed by atoms with Crippen LogP contribution in [-0.4, -0.2) is 25.2 Å². The van der Waals surface area contributed by atoms with Crippen molar-refractivity contribution in [1.82, 2.24) is 0 Å². The van der Waals surface area contributed by atoms with E-state index in [0.717, 1.165) is 22.6 Å². The third-order valence-corrected chi connectivity index (χ3v) is 6.65. The summed E-state index contributed by atoms with van der Waals surface area (Å²) in [7, 11) is -3.31. The Labute approximate surface area is 132 Å². The summed E-state index contributed by atoms with van der Waals surface area (Å²) >= 11 is 0. The lowest BCUT2D eigenvalue weighted by molar-refractivity contribution is -0.110. The van der Waals surface area contributed by atoms with Gasteiger partial charge >= 0.3 is 0 Å². The molecule has 1 unspecified atom stereocenters. The molecule has 0 radical (unpaired) electrons. The van der Waals surface area contributed by atoms with Crippen molar-refractivity contribution in [3.05, 3.63) is 48.0 Å². The fourth-order valence-electron chi connectivity index (χ4n) is 2.43. The largest absolute Gasteiger partial charge is 0.303 e. The Bertz CT molecular complexity index is 765. The van der Waals surface area contributed by atoms with Crippen LogP contribution in [0.3, 0.4) is 0 Å². The molecule has 0 aromatic heterocycles. The summed E-state index contributed by atoms with van der Waals surface area (Å²) in [4.78, 5) is 11.4. The predicted molar refractivity (Wildman–Crippen MR) is 90.7 cm³/mol. The quantitative estimate of drug-likeness (QED) is 0.794. The van der Waals surface area contributed by atoms with Crippen LogP contribution in [-0.2, 0) is 21.1 Å². The van der Waals surface area contributed by atoms with Gasteiger partial charge in [-0.2, -0.15) is 0 Å². The van der Waals surface area contributed by atoms with Gasteiger partial charge in [0.2, 0.25) is 0 Å². The highest BCUT2D eigenvalue weighted by Crippen LogP contribution is 2.24. The van der Waals surface area contributed by atoms with Crippen molar-refractivity contribution >= 4 is 26.9 Å². The monoisotopic (exact) mass is 318 g/mol. The predicted octanol–water partition coefficient (Wildman–Crippen LogP) is 3.41. The van der Waals surface area contributed by atoms with E-state index in [0.29, 0.717) is 6.42 Å². The van der Waals surface area contributed by atoms with E-state index >= 15 is 0 Å². The number of fused-ring (bicyclic) bond motifs is 1. The average molecular weight is 318 g/mol. The Hall–Kier alpha value is -1.68. The Morgan fingerprint density at radius 2 is 1.68 bits per heavy atom. The summed E-state index contributed by atoms with van der Waals surface area (Å²) in [5.74, 6) is -0.626. The minimum atomic E-state index is -3.31. The standard InChI is InChI=1S/C18H22O3S/c1-18(2,3)22(20,21)13-14(12-19)11-16-9-6-8-15-7-4-5-10-17(15)16/h4-10,12,14H,11,13H2,1-3H3. The first-order valence-electron chi connectivity index (χ1n) is 7.39. The number of carbonyl (C=O) groups is 1. The van der Waals surface area contributed by atoms with Crippen LogP contribution < -0.4 is 0 Å². The van der Waals surface area contributed by atoms with Crippen LogP contribution in [0.2, 0.25) is 0 Å². The molecular weight excluding hydrogens is 296 g/mol. The molecule has 4 heteroatoms. The molecule has 0 saturated carbocycles. The van der Waals surface area contributed by atoms with Crippen molar-refractivity contribution < 1.29 is 13.2 Å². The molecule has 0 spiro atoms. The van der Waals surface area contributed by atoms with Gasteiger partial charge in [-0.15, -0.1) is 0 Å². The van der Waals surface area contributed by atoms with Gasteiger partial charge in [0, 0.05) is 5.92 Å². The van der Waals surface area contributed by atoms with Gasteiger partial charge < -0.3 is 4.79 Å². The van der Waals surface area contributed by atoms with E-state index in [1.807, 2.05) is 42.5 Å². The van der Waals surface area contributed by atoms with Crippen LogP contribution in [0.1, 0.15) is 26.3 Å². The third kappa shape index (κ3) is 3.55. The summed E-state index contributed by atoms with van der Waals surface area (Å²) in [5.41, 5.74) is 1.01. The molecule has 0 bridgehead atoms. The highest BCUT2D eigenvalue weighted by atomic mass is 32.2. The van der Waals surface area contributed by atoms with Crippen molar-refractivity contribution in [2.75, 3.05) is 5.75 Å². The average Bonchev–Trinajstić information content (AvgIpc) is 2.45. The summed E-state index contributed by atoms with van der Waals surface area (Å²) in [6.07, 6.45) is 1.21. The molecule has 0 amide bonds. The van der Waals surface area contributed by atoms with Crippen LogP contribution in [0.4, 0.5) is 0 Å². The summed E-state index contributed by atoms with van der Waals surface area (Å²) < 4.78 is 23.8. The maximum absolute atomic E-state index is 12.3. The van der Waals surface area contributed by atoms with Gasteiger partial charge in [-0.25, -0.2) is 8.42 Å². The second-order valence-electron chi connectivity index (χ2n) is 6.63. The third-order valence-electron chi connectivity index (χ3n) is 3.92. The normalized spacial score (nSPS) is 14.0. The zero-order valence-corrected chi connectivity index (χ0v) is 14.1. The first-order chi connectivity index (χ1) is 10.2. The molecule has 3 nitrogen and oxygen atoms in total. The number of rotatable bonds is 5. The Kier molecular flexibility index (Phi) is 4.71. The molecule has 0 aliphatic rings. The second kappa shape index (κ2) is 6.21. The van der Waals surface area contributed by atoms with Gasteiger partial charge in [0.15, 0.2) is 9.84 Å². The molecule has 2 rings (SSSR count). The van der Waals surface area contributed by atoms with Crippen molar-refractivity contribution in [3.63, 3.8) is 0 Å². The number of hydrogen-bond acceptors (Lipinski definition) is 3. The molecule has 0 fully saturated rings. The van der Waals surface area contributed by atoms with E-state index in [9.17, 15) is 13.2 Å². The van der Waals surface area contributed by atoms with Crippen LogP contribution in [0.5, 0.6) is 0 Å². The molecule has 1 atom stereocenters.